The van der Waals surface area contributed by atoms with Crippen LogP contribution in [-0.2, 0) is 22.4 Å². The Morgan fingerprint density at radius 2 is 1.31 bits per heavy atom. The van der Waals surface area contributed by atoms with Gasteiger partial charge in [0, 0.05) is 16.1 Å². The lowest BCUT2D eigenvalue weighted by Gasteiger charge is -2.25. The lowest BCUT2D eigenvalue weighted by atomic mass is 10.0. The zero-order valence-electron chi connectivity index (χ0n) is 26.6. The number of benzene rings is 6. The summed E-state index contributed by atoms with van der Waals surface area (Å²) in [7, 11) is 0. The van der Waals surface area contributed by atoms with Crippen LogP contribution in [0.15, 0.2) is 156 Å². The van der Waals surface area contributed by atoms with Crippen LogP contribution in [0.3, 0.4) is 0 Å². The molecular weight excluding hydrogens is 627 g/mol. The second kappa shape index (κ2) is 14.5. The topological polar surface area (TPSA) is 78.5 Å². The predicted octanol–water partition coefficient (Wildman–Crippen LogP) is 8.81. The fraction of sp³-hybridized carbons (Fsp3) is 0.0714. The molecule has 0 spiro atoms. The summed E-state index contributed by atoms with van der Waals surface area (Å²) in [4.78, 5) is 43.6. The molecule has 6 aromatic rings. The fourth-order valence-electron chi connectivity index (χ4n) is 6.09. The van der Waals surface area contributed by atoms with E-state index in [-0.39, 0.29) is 23.3 Å². The lowest BCUT2D eigenvalue weighted by Crippen LogP contribution is -2.30. The van der Waals surface area contributed by atoms with Gasteiger partial charge in [0.25, 0.3) is 11.8 Å². The number of nitrogens with one attached hydrogen (secondary N) is 2. The summed E-state index contributed by atoms with van der Waals surface area (Å²) in [6, 6.07) is 46.1. The second-order valence-electron chi connectivity index (χ2n) is 11.7. The van der Waals surface area contributed by atoms with Gasteiger partial charge in [-0.15, -0.1) is 11.8 Å². The number of fused-ring (bicyclic) bond motifs is 3. The van der Waals surface area contributed by atoms with Gasteiger partial charge in [-0.05, 0) is 88.8 Å². The summed E-state index contributed by atoms with van der Waals surface area (Å²) in [5.41, 5.74) is 6.03. The highest BCUT2D eigenvalue weighted by Crippen LogP contribution is 2.37. The van der Waals surface area contributed by atoms with Gasteiger partial charge in [0.15, 0.2) is 0 Å². The number of anilines is 3. The van der Waals surface area contributed by atoms with Gasteiger partial charge >= 0.3 is 0 Å². The van der Waals surface area contributed by atoms with Crippen molar-refractivity contribution in [3.05, 3.63) is 174 Å². The molecule has 7 rings (SSSR count). The number of aryl methyl sites for hydroxylation is 2. The van der Waals surface area contributed by atoms with Crippen molar-refractivity contribution in [3.8, 4) is 0 Å². The van der Waals surface area contributed by atoms with Crippen LogP contribution in [0.4, 0.5) is 17.1 Å². The number of hydrogen-bond acceptors (Lipinski definition) is 4. The molecule has 1 heterocycles. The molecule has 1 aliphatic heterocycles. The average Bonchev–Trinajstić information content (AvgIpc) is 3.31. The van der Waals surface area contributed by atoms with Gasteiger partial charge in [-0.3, -0.25) is 19.3 Å². The summed E-state index contributed by atoms with van der Waals surface area (Å²) in [6.07, 6.45) is 3.44. The Hall–Kier alpha value is -5.92. The van der Waals surface area contributed by atoms with Crippen LogP contribution in [0.25, 0.3) is 16.8 Å². The number of carbonyl (C=O) groups excluding carboxylic acids is 3. The van der Waals surface area contributed by atoms with E-state index in [1.165, 1.54) is 11.8 Å². The predicted molar refractivity (Wildman–Crippen MR) is 199 cm³/mol. The van der Waals surface area contributed by atoms with E-state index in [2.05, 4.69) is 22.8 Å². The third kappa shape index (κ3) is 7.17. The number of amides is 3. The second-order valence-corrected chi connectivity index (χ2v) is 12.8. The molecule has 3 amide bonds. The van der Waals surface area contributed by atoms with E-state index in [0.717, 1.165) is 56.6 Å². The van der Waals surface area contributed by atoms with Crippen LogP contribution in [-0.4, -0.2) is 23.5 Å². The molecular formula is C42H33N3O3S. The summed E-state index contributed by atoms with van der Waals surface area (Å²) < 4.78 is 0. The van der Waals surface area contributed by atoms with Crippen LogP contribution in [0.1, 0.15) is 27.0 Å². The number of thioether (sulfide) groups is 1. The SMILES string of the molecule is O=C(Nc1cccc(SCC(=O)N2c3ccccc3CCc3ccccc32)c1)/C(=C/c1cccc2ccccc12)NC(=O)c1ccccc1. The summed E-state index contributed by atoms with van der Waals surface area (Å²) in [6.45, 7) is 0. The maximum Gasteiger partial charge on any atom is 0.272 e. The summed E-state index contributed by atoms with van der Waals surface area (Å²) in [5, 5.41) is 7.78. The molecule has 0 aromatic heterocycles. The molecule has 0 bridgehead atoms. The Bertz CT molecular complexity index is 2160. The third-order valence-electron chi connectivity index (χ3n) is 8.48. The van der Waals surface area contributed by atoms with Crippen molar-refractivity contribution in [2.45, 2.75) is 17.7 Å². The first kappa shape index (κ1) is 31.7. The van der Waals surface area contributed by atoms with E-state index in [1.54, 1.807) is 36.4 Å². The fourth-order valence-corrected chi connectivity index (χ4v) is 6.90. The quantitative estimate of drug-likeness (QED) is 0.127. The number of rotatable bonds is 8. The van der Waals surface area contributed by atoms with E-state index in [1.807, 2.05) is 108 Å². The molecule has 0 saturated carbocycles. The van der Waals surface area contributed by atoms with Gasteiger partial charge in [0.2, 0.25) is 5.91 Å². The highest BCUT2D eigenvalue weighted by atomic mass is 32.2. The minimum absolute atomic E-state index is 0.0230. The van der Waals surface area contributed by atoms with Crippen molar-refractivity contribution in [1.29, 1.82) is 0 Å². The van der Waals surface area contributed by atoms with Gasteiger partial charge in [0.05, 0.1) is 17.1 Å². The normalized spacial score (nSPS) is 12.4. The van der Waals surface area contributed by atoms with Crippen molar-refractivity contribution in [1.82, 2.24) is 5.32 Å². The van der Waals surface area contributed by atoms with Crippen LogP contribution in [0.5, 0.6) is 0 Å². The Balaban J connectivity index is 1.11. The van der Waals surface area contributed by atoms with Crippen molar-refractivity contribution >= 4 is 63.4 Å². The van der Waals surface area contributed by atoms with Crippen LogP contribution in [0.2, 0.25) is 0 Å². The molecule has 6 aromatic carbocycles. The standard InChI is InChI=1S/C42H33N3O3S/c46-40(45-38-22-8-5-13-30(38)24-25-31-14-6-9-23-39(31)45)28-49-35-20-11-19-34(27-35)43-42(48)37(44-41(47)32-15-2-1-3-16-32)26-33-18-10-17-29-12-4-7-21-36(29)33/h1-23,26-27H,24-25,28H2,(H,43,48)(H,44,47)/b37-26-. The maximum absolute atomic E-state index is 13.9. The first-order chi connectivity index (χ1) is 24.0. The molecule has 0 fully saturated rings. The molecule has 6 nitrogen and oxygen atoms in total. The monoisotopic (exact) mass is 659 g/mol. The van der Waals surface area contributed by atoms with Crippen LogP contribution < -0.4 is 15.5 Å². The molecule has 49 heavy (non-hydrogen) atoms. The number of carbonyl (C=O) groups is 3. The van der Waals surface area contributed by atoms with Crippen LogP contribution in [0, 0.1) is 0 Å². The molecule has 1 aliphatic rings. The van der Waals surface area contributed by atoms with Gasteiger partial charge in [-0.1, -0.05) is 103 Å². The molecule has 240 valence electrons. The van der Waals surface area contributed by atoms with Crippen molar-refractivity contribution in [2.24, 2.45) is 0 Å². The van der Waals surface area contributed by atoms with Gasteiger partial charge in [0.1, 0.15) is 5.70 Å². The Kier molecular flexibility index (Phi) is 9.34. The molecule has 2 N–H and O–H groups in total. The summed E-state index contributed by atoms with van der Waals surface area (Å²) >= 11 is 1.41. The van der Waals surface area contributed by atoms with E-state index < -0.39 is 5.91 Å². The zero-order chi connectivity index (χ0) is 33.6. The third-order valence-corrected chi connectivity index (χ3v) is 9.46. The smallest absolute Gasteiger partial charge is 0.272 e. The largest absolute Gasteiger partial charge is 0.321 e. The minimum atomic E-state index is -0.465. The number of para-hydroxylation sites is 2. The highest BCUT2D eigenvalue weighted by Gasteiger charge is 2.25. The number of hydrogen-bond donors (Lipinski definition) is 2. The van der Waals surface area contributed by atoms with E-state index in [4.69, 9.17) is 0 Å². The van der Waals surface area contributed by atoms with Crippen molar-refractivity contribution in [3.63, 3.8) is 0 Å². The number of nitrogens with zero attached hydrogens (tertiary/aromatic N) is 1. The maximum atomic E-state index is 13.9. The lowest BCUT2D eigenvalue weighted by molar-refractivity contribution is -0.115. The molecule has 0 aliphatic carbocycles. The molecule has 0 saturated heterocycles. The minimum Gasteiger partial charge on any atom is -0.321 e. The Morgan fingerprint density at radius 1 is 0.673 bits per heavy atom. The van der Waals surface area contributed by atoms with Crippen molar-refractivity contribution < 1.29 is 14.4 Å². The Labute approximate surface area is 289 Å². The Morgan fingerprint density at radius 3 is 2.06 bits per heavy atom. The van der Waals surface area contributed by atoms with Gasteiger partial charge in [-0.25, -0.2) is 0 Å². The molecule has 7 heteroatoms. The van der Waals surface area contributed by atoms with Gasteiger partial charge < -0.3 is 10.6 Å². The van der Waals surface area contributed by atoms with E-state index in [0.29, 0.717) is 11.3 Å². The van der Waals surface area contributed by atoms with Crippen molar-refractivity contribution in [2.75, 3.05) is 16.0 Å². The highest BCUT2D eigenvalue weighted by molar-refractivity contribution is 8.00. The molecule has 0 radical (unpaired) electrons. The first-order valence-corrected chi connectivity index (χ1v) is 17.1. The molecule has 0 unspecified atom stereocenters. The van der Waals surface area contributed by atoms with Crippen LogP contribution >= 0.6 is 11.8 Å². The van der Waals surface area contributed by atoms with Gasteiger partial charge in [-0.2, -0.15) is 0 Å². The molecule has 0 atom stereocenters. The van der Waals surface area contributed by atoms with E-state index in [9.17, 15) is 14.4 Å². The average molecular weight is 660 g/mol. The zero-order valence-corrected chi connectivity index (χ0v) is 27.5. The first-order valence-electron chi connectivity index (χ1n) is 16.1. The summed E-state index contributed by atoms with van der Waals surface area (Å²) in [5.74, 6) is -0.667. The van der Waals surface area contributed by atoms with E-state index >= 15 is 0 Å².